The lowest BCUT2D eigenvalue weighted by Crippen LogP contribution is -2.40. The fraction of sp³-hybridized carbons (Fsp3) is 0.429. The van der Waals surface area contributed by atoms with Crippen LogP contribution in [0.15, 0.2) is 41.1 Å². The third-order valence-electron chi connectivity index (χ3n) is 3.80. The molecule has 1 heterocycles. The lowest BCUT2D eigenvalue weighted by molar-refractivity contribution is -0.224. The molecule has 0 amide bonds. The molecule has 2 rings (SSSR count). The SMILES string of the molecule is CCC1(c2ccccc2)CC/C(=C/Br)O[P+]1([O-])OC. The molecule has 0 radical (unpaired) electrons. The van der Waals surface area contributed by atoms with Gasteiger partial charge in [-0.15, -0.1) is 0 Å². The Morgan fingerprint density at radius 2 is 2.16 bits per heavy atom. The van der Waals surface area contributed by atoms with Gasteiger partial charge in [-0.2, -0.15) is 0 Å². The van der Waals surface area contributed by atoms with Crippen LogP contribution in [0.2, 0.25) is 0 Å². The zero-order valence-corrected chi connectivity index (χ0v) is 13.6. The minimum absolute atomic E-state index is 0.553. The highest BCUT2D eigenvalue weighted by atomic mass is 79.9. The monoisotopic (exact) mass is 344 g/mol. The summed E-state index contributed by atoms with van der Waals surface area (Å²) in [6.07, 6.45) is 2.23. The molecule has 0 N–H and O–H groups in total. The van der Waals surface area contributed by atoms with E-state index >= 15 is 0 Å². The van der Waals surface area contributed by atoms with Crippen molar-refractivity contribution >= 4 is 23.9 Å². The number of hydrogen-bond donors (Lipinski definition) is 0. The molecule has 0 spiro atoms. The van der Waals surface area contributed by atoms with Crippen molar-refractivity contribution in [2.75, 3.05) is 7.11 Å². The van der Waals surface area contributed by atoms with Crippen molar-refractivity contribution in [3.8, 4) is 0 Å². The van der Waals surface area contributed by atoms with Crippen LogP contribution in [0.5, 0.6) is 0 Å². The molecule has 1 saturated heterocycles. The summed E-state index contributed by atoms with van der Waals surface area (Å²) in [5.74, 6) is 0.685. The van der Waals surface area contributed by atoms with Crippen molar-refractivity contribution in [1.29, 1.82) is 0 Å². The van der Waals surface area contributed by atoms with Crippen molar-refractivity contribution in [2.45, 2.75) is 31.3 Å². The van der Waals surface area contributed by atoms with E-state index in [2.05, 4.69) is 15.9 Å². The molecule has 19 heavy (non-hydrogen) atoms. The Bertz CT molecular complexity index is 465. The van der Waals surface area contributed by atoms with Gasteiger partial charge in [0.1, 0.15) is 0 Å². The predicted octanol–water partition coefficient (Wildman–Crippen LogP) is 4.11. The maximum absolute atomic E-state index is 13.1. The second kappa shape index (κ2) is 5.92. The van der Waals surface area contributed by atoms with Gasteiger partial charge in [-0.05, 0) is 6.42 Å². The van der Waals surface area contributed by atoms with Crippen LogP contribution in [-0.2, 0) is 14.2 Å². The third kappa shape index (κ3) is 2.47. The molecule has 1 fully saturated rings. The van der Waals surface area contributed by atoms with Crippen LogP contribution in [0.4, 0.5) is 0 Å². The van der Waals surface area contributed by atoms with Gasteiger partial charge in [-0.25, -0.2) is 4.52 Å². The molecular formula is C14H18BrO3P. The highest BCUT2D eigenvalue weighted by molar-refractivity contribution is 9.11. The van der Waals surface area contributed by atoms with Gasteiger partial charge in [0, 0.05) is 23.4 Å². The normalized spacial score (nSPS) is 33.2. The quantitative estimate of drug-likeness (QED) is 0.775. The van der Waals surface area contributed by atoms with Crippen LogP contribution < -0.4 is 4.89 Å². The van der Waals surface area contributed by atoms with E-state index in [0.29, 0.717) is 5.76 Å². The number of hydrogen-bond acceptors (Lipinski definition) is 3. The van der Waals surface area contributed by atoms with Gasteiger partial charge in [0.25, 0.3) is 7.94 Å². The average Bonchev–Trinajstić information content (AvgIpc) is 2.48. The zero-order valence-electron chi connectivity index (χ0n) is 11.1. The average molecular weight is 345 g/mol. The van der Waals surface area contributed by atoms with Crippen molar-refractivity contribution < 1.29 is 13.9 Å². The maximum Gasteiger partial charge on any atom is 0.294 e. The van der Waals surface area contributed by atoms with E-state index in [1.807, 2.05) is 37.3 Å². The van der Waals surface area contributed by atoms with Crippen LogP contribution >= 0.6 is 23.9 Å². The molecule has 2 atom stereocenters. The molecule has 3 nitrogen and oxygen atoms in total. The minimum atomic E-state index is -3.23. The van der Waals surface area contributed by atoms with Crippen LogP contribution in [0.3, 0.4) is 0 Å². The second-order valence-electron chi connectivity index (χ2n) is 4.60. The zero-order chi connectivity index (χ0) is 13.9. The smallest absolute Gasteiger partial charge is 0.294 e. The summed E-state index contributed by atoms with van der Waals surface area (Å²) in [4.78, 5) is 14.8. The molecule has 0 saturated carbocycles. The van der Waals surface area contributed by atoms with Crippen molar-refractivity contribution in [3.63, 3.8) is 0 Å². The predicted molar refractivity (Wildman–Crippen MR) is 79.7 cm³/mol. The van der Waals surface area contributed by atoms with Crippen molar-refractivity contribution in [2.24, 2.45) is 0 Å². The number of halogens is 1. The number of benzene rings is 1. The highest BCUT2D eigenvalue weighted by Gasteiger charge is 2.58. The molecule has 2 unspecified atom stereocenters. The topological polar surface area (TPSA) is 41.5 Å². The lowest BCUT2D eigenvalue weighted by atomic mass is 9.90. The van der Waals surface area contributed by atoms with E-state index in [-0.39, 0.29) is 0 Å². The Balaban J connectivity index is 2.49. The summed E-state index contributed by atoms with van der Waals surface area (Å²) in [6, 6.07) is 9.88. The van der Waals surface area contributed by atoms with Gasteiger partial charge in [-0.3, -0.25) is 0 Å². The fourth-order valence-electron chi connectivity index (χ4n) is 2.67. The molecule has 1 aromatic carbocycles. The van der Waals surface area contributed by atoms with E-state index in [9.17, 15) is 4.89 Å². The summed E-state index contributed by atoms with van der Waals surface area (Å²) in [5, 5.41) is -0.553. The first kappa shape index (κ1) is 15.0. The van der Waals surface area contributed by atoms with E-state index < -0.39 is 13.1 Å². The second-order valence-corrected chi connectivity index (χ2v) is 7.45. The minimum Gasteiger partial charge on any atom is -0.623 e. The maximum atomic E-state index is 13.1. The fourth-order valence-corrected chi connectivity index (χ4v) is 5.42. The molecule has 5 heteroatoms. The van der Waals surface area contributed by atoms with E-state index in [1.165, 1.54) is 7.11 Å². The van der Waals surface area contributed by atoms with E-state index in [0.717, 1.165) is 24.8 Å². The molecule has 1 aromatic rings. The van der Waals surface area contributed by atoms with Crippen LogP contribution in [0.1, 0.15) is 31.7 Å². The Kier molecular flexibility index (Phi) is 4.67. The first-order valence-corrected chi connectivity index (χ1v) is 8.78. The van der Waals surface area contributed by atoms with Crippen LogP contribution in [0.25, 0.3) is 0 Å². The van der Waals surface area contributed by atoms with Gasteiger partial charge in [0.05, 0.1) is 7.11 Å². The Morgan fingerprint density at radius 3 is 2.68 bits per heavy atom. The van der Waals surface area contributed by atoms with Crippen LogP contribution in [-0.4, -0.2) is 7.11 Å². The summed E-state index contributed by atoms with van der Waals surface area (Å²) in [6.45, 7) is 2.03. The summed E-state index contributed by atoms with van der Waals surface area (Å²) < 4.78 is 11.0. The first-order valence-electron chi connectivity index (χ1n) is 6.32. The number of rotatable bonds is 3. The van der Waals surface area contributed by atoms with Gasteiger partial charge in [-0.1, -0.05) is 53.2 Å². The van der Waals surface area contributed by atoms with Crippen LogP contribution in [0, 0.1) is 0 Å². The summed E-state index contributed by atoms with van der Waals surface area (Å²) >= 11 is 3.24. The Hall–Kier alpha value is -0.410. The largest absolute Gasteiger partial charge is 0.623 e. The lowest BCUT2D eigenvalue weighted by Gasteiger charge is -2.46. The molecule has 0 aliphatic carbocycles. The van der Waals surface area contributed by atoms with E-state index in [4.69, 9.17) is 9.05 Å². The van der Waals surface area contributed by atoms with E-state index in [1.54, 1.807) is 4.99 Å². The van der Waals surface area contributed by atoms with Gasteiger partial charge < -0.3 is 9.42 Å². The van der Waals surface area contributed by atoms with Crippen molar-refractivity contribution in [3.05, 3.63) is 46.6 Å². The Labute approximate surface area is 123 Å². The summed E-state index contributed by atoms with van der Waals surface area (Å²) in [5.41, 5.74) is 1.02. The van der Waals surface area contributed by atoms with Crippen molar-refractivity contribution in [1.82, 2.24) is 0 Å². The first-order chi connectivity index (χ1) is 9.12. The third-order valence-corrected chi connectivity index (χ3v) is 7.12. The summed E-state index contributed by atoms with van der Waals surface area (Å²) in [7, 11) is -1.76. The molecular weight excluding hydrogens is 327 g/mol. The molecule has 0 aromatic heterocycles. The standard InChI is InChI=1S/C14H18BrO3P/c1-3-14(12-7-5-4-6-8-12)10-9-13(11-15)18-19(14,16)17-2/h4-8,11H,3,9-10H2,1-2H3/b13-11-. The van der Waals surface area contributed by atoms with Gasteiger partial charge in [0.2, 0.25) is 0 Å². The highest BCUT2D eigenvalue weighted by Crippen LogP contribution is 2.74. The molecule has 0 bridgehead atoms. The van der Waals surface area contributed by atoms with Gasteiger partial charge >= 0.3 is 0 Å². The molecule has 1 aliphatic rings. The molecule has 104 valence electrons. The molecule has 1 aliphatic heterocycles. The Morgan fingerprint density at radius 1 is 1.47 bits per heavy atom. The number of allylic oxidation sites excluding steroid dienone is 1. The van der Waals surface area contributed by atoms with Gasteiger partial charge in [0.15, 0.2) is 10.9 Å².